The molecule has 0 atom stereocenters. The van der Waals surface area contributed by atoms with Crippen molar-refractivity contribution in [3.05, 3.63) is 24.3 Å². The minimum absolute atomic E-state index is 0.318. The number of nitrogens with zero attached hydrogens (tertiary/aromatic N) is 1. The van der Waals surface area contributed by atoms with E-state index in [2.05, 4.69) is 34.5 Å². The second kappa shape index (κ2) is 6.50. The first kappa shape index (κ1) is 12.2. The molecule has 0 aliphatic carbocycles. The molecule has 94 valence electrons. The number of unbranched alkanes of at least 4 members (excludes halogenated alkanes) is 2. The second-order valence-electron chi connectivity index (χ2n) is 4.57. The maximum atomic E-state index is 8.78. The number of anilines is 2. The molecule has 0 bridgehead atoms. The topological polar surface area (TPSA) is 35.5 Å². The van der Waals surface area contributed by atoms with Gasteiger partial charge in [0.05, 0.1) is 11.4 Å². The summed E-state index contributed by atoms with van der Waals surface area (Å²) < 4.78 is 0. The zero-order chi connectivity index (χ0) is 11.9. The van der Waals surface area contributed by atoms with Crippen LogP contribution in [0.2, 0.25) is 0 Å². The molecule has 1 aliphatic rings. The van der Waals surface area contributed by atoms with E-state index in [0.29, 0.717) is 6.61 Å². The van der Waals surface area contributed by atoms with Crippen LogP contribution in [-0.2, 0) is 0 Å². The van der Waals surface area contributed by atoms with Crippen molar-refractivity contribution in [1.82, 2.24) is 0 Å². The van der Waals surface area contributed by atoms with Crippen LogP contribution in [0.4, 0.5) is 11.4 Å². The molecule has 0 radical (unpaired) electrons. The predicted octanol–water partition coefficient (Wildman–Crippen LogP) is 2.47. The Morgan fingerprint density at radius 3 is 2.94 bits per heavy atom. The maximum Gasteiger partial charge on any atom is 0.0602 e. The Bertz CT molecular complexity index is 341. The van der Waals surface area contributed by atoms with E-state index >= 15 is 0 Å². The first-order valence-corrected chi connectivity index (χ1v) is 6.60. The molecular weight excluding hydrogens is 212 g/mol. The zero-order valence-electron chi connectivity index (χ0n) is 10.4. The van der Waals surface area contributed by atoms with Gasteiger partial charge in [-0.05, 0) is 37.8 Å². The van der Waals surface area contributed by atoms with Gasteiger partial charge in [0.1, 0.15) is 0 Å². The quantitative estimate of drug-likeness (QED) is 0.768. The van der Waals surface area contributed by atoms with E-state index in [9.17, 15) is 0 Å². The van der Waals surface area contributed by atoms with Crippen molar-refractivity contribution < 1.29 is 5.11 Å². The van der Waals surface area contributed by atoms with Crippen LogP contribution >= 0.6 is 0 Å². The van der Waals surface area contributed by atoms with Crippen molar-refractivity contribution in [3.63, 3.8) is 0 Å². The summed E-state index contributed by atoms with van der Waals surface area (Å²) in [5, 5.41) is 12.3. The van der Waals surface area contributed by atoms with Crippen molar-refractivity contribution >= 4 is 11.4 Å². The molecule has 0 saturated heterocycles. The Balaban J connectivity index is 1.97. The third-order valence-corrected chi connectivity index (χ3v) is 3.25. The lowest BCUT2D eigenvalue weighted by molar-refractivity contribution is 0.283. The number of aliphatic hydroxyl groups is 1. The third-order valence-electron chi connectivity index (χ3n) is 3.25. The van der Waals surface area contributed by atoms with E-state index in [-0.39, 0.29) is 0 Å². The van der Waals surface area contributed by atoms with Gasteiger partial charge in [0.2, 0.25) is 0 Å². The average Bonchev–Trinajstić information content (AvgIpc) is 2.57. The zero-order valence-corrected chi connectivity index (χ0v) is 10.4. The predicted molar refractivity (Wildman–Crippen MR) is 72.7 cm³/mol. The van der Waals surface area contributed by atoms with Gasteiger partial charge in [-0.15, -0.1) is 0 Å². The number of fused-ring (bicyclic) bond motifs is 1. The van der Waals surface area contributed by atoms with Gasteiger partial charge in [0, 0.05) is 26.2 Å². The summed E-state index contributed by atoms with van der Waals surface area (Å²) in [6.07, 6.45) is 4.39. The lowest BCUT2D eigenvalue weighted by Crippen LogP contribution is -2.25. The van der Waals surface area contributed by atoms with Gasteiger partial charge in [0.15, 0.2) is 0 Å². The number of para-hydroxylation sites is 2. The van der Waals surface area contributed by atoms with Gasteiger partial charge in [-0.25, -0.2) is 0 Å². The van der Waals surface area contributed by atoms with E-state index in [1.807, 2.05) is 0 Å². The van der Waals surface area contributed by atoms with Gasteiger partial charge < -0.3 is 15.3 Å². The van der Waals surface area contributed by atoms with Crippen molar-refractivity contribution in [2.24, 2.45) is 0 Å². The smallest absolute Gasteiger partial charge is 0.0602 e. The minimum atomic E-state index is 0.318. The fraction of sp³-hybridized carbons (Fsp3) is 0.571. The molecule has 1 heterocycles. The van der Waals surface area contributed by atoms with Crippen LogP contribution in [0.15, 0.2) is 24.3 Å². The summed E-state index contributed by atoms with van der Waals surface area (Å²) >= 11 is 0. The van der Waals surface area contributed by atoms with Crippen LogP contribution in [0.3, 0.4) is 0 Å². The van der Waals surface area contributed by atoms with Crippen molar-refractivity contribution in [1.29, 1.82) is 0 Å². The Kier molecular flexibility index (Phi) is 4.68. The normalized spacial score (nSPS) is 15.0. The van der Waals surface area contributed by atoms with Crippen molar-refractivity contribution in [3.8, 4) is 0 Å². The van der Waals surface area contributed by atoms with Crippen LogP contribution in [0.5, 0.6) is 0 Å². The molecule has 0 saturated carbocycles. The second-order valence-corrected chi connectivity index (χ2v) is 4.57. The lowest BCUT2D eigenvalue weighted by atomic mass is 10.2. The molecule has 1 aromatic rings. The SMILES string of the molecule is OCCCCCN1CCCNc2ccccc21. The Labute approximate surface area is 103 Å². The van der Waals surface area contributed by atoms with Crippen LogP contribution in [0.1, 0.15) is 25.7 Å². The maximum absolute atomic E-state index is 8.78. The van der Waals surface area contributed by atoms with Crippen LogP contribution in [-0.4, -0.2) is 31.3 Å². The Morgan fingerprint density at radius 2 is 2.06 bits per heavy atom. The van der Waals surface area contributed by atoms with Gasteiger partial charge in [-0.1, -0.05) is 12.1 Å². The van der Waals surface area contributed by atoms with Crippen LogP contribution in [0, 0.1) is 0 Å². The number of aliphatic hydroxyl groups excluding tert-OH is 1. The average molecular weight is 234 g/mol. The molecule has 2 N–H and O–H groups in total. The summed E-state index contributed by atoms with van der Waals surface area (Å²) in [5.41, 5.74) is 2.58. The first-order chi connectivity index (χ1) is 8.42. The van der Waals surface area contributed by atoms with E-state index < -0.39 is 0 Å². The minimum Gasteiger partial charge on any atom is -0.396 e. The van der Waals surface area contributed by atoms with Gasteiger partial charge in [-0.3, -0.25) is 0 Å². The van der Waals surface area contributed by atoms with E-state index in [1.165, 1.54) is 17.8 Å². The fourth-order valence-electron chi connectivity index (χ4n) is 2.34. The summed E-state index contributed by atoms with van der Waals surface area (Å²) in [5.74, 6) is 0. The number of rotatable bonds is 5. The van der Waals surface area contributed by atoms with E-state index in [0.717, 1.165) is 38.9 Å². The van der Waals surface area contributed by atoms with Gasteiger partial charge in [0.25, 0.3) is 0 Å². The highest BCUT2D eigenvalue weighted by Crippen LogP contribution is 2.28. The fourth-order valence-corrected chi connectivity index (χ4v) is 2.34. The molecule has 1 aliphatic heterocycles. The number of benzene rings is 1. The molecule has 1 aromatic carbocycles. The standard InChI is InChI=1S/C14H22N2O/c17-12-5-1-4-10-16-11-6-9-15-13-7-2-3-8-14(13)16/h2-3,7-8,15,17H,1,4-6,9-12H2. The summed E-state index contributed by atoms with van der Waals surface area (Å²) in [6.45, 7) is 3.60. The largest absolute Gasteiger partial charge is 0.396 e. The van der Waals surface area contributed by atoms with Crippen molar-refractivity contribution in [2.75, 3.05) is 36.5 Å². The summed E-state index contributed by atoms with van der Waals surface area (Å²) in [6, 6.07) is 8.54. The molecular formula is C14H22N2O. The molecule has 0 unspecified atom stereocenters. The molecule has 0 spiro atoms. The molecule has 0 aromatic heterocycles. The van der Waals surface area contributed by atoms with Gasteiger partial charge >= 0.3 is 0 Å². The lowest BCUT2D eigenvalue weighted by Gasteiger charge is -2.24. The summed E-state index contributed by atoms with van der Waals surface area (Å²) in [7, 11) is 0. The molecule has 3 heteroatoms. The molecule has 17 heavy (non-hydrogen) atoms. The molecule has 0 amide bonds. The van der Waals surface area contributed by atoms with E-state index in [1.54, 1.807) is 0 Å². The molecule has 2 rings (SSSR count). The number of hydrogen-bond donors (Lipinski definition) is 2. The number of nitrogens with one attached hydrogen (secondary N) is 1. The summed E-state index contributed by atoms with van der Waals surface area (Å²) in [4.78, 5) is 2.46. The van der Waals surface area contributed by atoms with Crippen LogP contribution in [0.25, 0.3) is 0 Å². The monoisotopic (exact) mass is 234 g/mol. The Morgan fingerprint density at radius 1 is 1.18 bits per heavy atom. The first-order valence-electron chi connectivity index (χ1n) is 6.60. The highest BCUT2D eigenvalue weighted by molar-refractivity contribution is 5.70. The van der Waals surface area contributed by atoms with Crippen molar-refractivity contribution in [2.45, 2.75) is 25.7 Å². The third kappa shape index (κ3) is 3.37. The highest BCUT2D eigenvalue weighted by Gasteiger charge is 2.13. The molecule has 3 nitrogen and oxygen atoms in total. The highest BCUT2D eigenvalue weighted by atomic mass is 16.2. The molecule has 0 fully saturated rings. The van der Waals surface area contributed by atoms with E-state index in [4.69, 9.17) is 5.11 Å². The number of hydrogen-bond acceptors (Lipinski definition) is 3. The van der Waals surface area contributed by atoms with Crippen LogP contribution < -0.4 is 10.2 Å². The Hall–Kier alpha value is -1.22. The van der Waals surface area contributed by atoms with Gasteiger partial charge in [-0.2, -0.15) is 0 Å².